The first-order valence-corrected chi connectivity index (χ1v) is 17.3. The van der Waals surface area contributed by atoms with Gasteiger partial charge in [-0.15, -0.1) is 0 Å². The van der Waals surface area contributed by atoms with Gasteiger partial charge in [0.25, 0.3) is 0 Å². The summed E-state index contributed by atoms with van der Waals surface area (Å²) in [7, 11) is 0. The van der Waals surface area contributed by atoms with Gasteiger partial charge in [0.05, 0.1) is 0 Å². The third kappa shape index (κ3) is 7.30. The number of aromatic nitrogens is 2. The van der Waals surface area contributed by atoms with E-state index in [-0.39, 0.29) is 18.9 Å². The first-order valence-electron chi connectivity index (χ1n) is 11.8. The van der Waals surface area contributed by atoms with E-state index in [0.717, 1.165) is 18.5 Å². The van der Waals surface area contributed by atoms with Gasteiger partial charge in [-0.2, -0.15) is 0 Å². The fourth-order valence-electron chi connectivity index (χ4n) is 3.73. The number of nitrogens with one attached hydrogen (secondary N) is 3. The summed E-state index contributed by atoms with van der Waals surface area (Å²) in [6.45, 7) is 5.53. The predicted molar refractivity (Wildman–Crippen MR) is 143 cm³/mol. The molecule has 0 aliphatic carbocycles. The number of hydrogen-bond donors (Lipinski definition) is 3. The Bertz CT molecular complexity index is 1300. The van der Waals surface area contributed by atoms with Crippen LogP contribution in [0.2, 0.25) is 0 Å². The summed E-state index contributed by atoms with van der Waals surface area (Å²) in [5.41, 5.74) is 2.11. The van der Waals surface area contributed by atoms with Crippen molar-refractivity contribution in [3.63, 3.8) is 0 Å². The van der Waals surface area contributed by atoms with Crippen molar-refractivity contribution < 1.29 is 14.3 Å². The van der Waals surface area contributed by atoms with E-state index in [1.165, 1.54) is 11.9 Å². The SMILES string of the molecule is CC(C)(C)OC(=O)NCCC(=O)Nc1ccc2ncnc(N[C]3=CC=[N][In]3[CH2]c3ccccc3)c2c1. The van der Waals surface area contributed by atoms with E-state index in [0.29, 0.717) is 11.5 Å². The number of amides is 2. The number of nitrogens with zero attached hydrogens (tertiary/aromatic N) is 3. The van der Waals surface area contributed by atoms with E-state index in [2.05, 4.69) is 50.2 Å². The molecule has 4 rings (SSSR count). The first kappa shape index (κ1) is 25.7. The van der Waals surface area contributed by atoms with Gasteiger partial charge in [0.2, 0.25) is 0 Å². The molecule has 0 radical (unpaired) electrons. The Hall–Kier alpha value is -3.40. The molecule has 1 aliphatic rings. The molecule has 10 heteroatoms. The monoisotopic (exact) mass is 588 g/mol. The van der Waals surface area contributed by atoms with Crippen LogP contribution < -0.4 is 16.0 Å². The Kier molecular flexibility index (Phi) is 8.25. The van der Waals surface area contributed by atoms with Crippen LogP contribution in [-0.4, -0.2) is 62.1 Å². The molecule has 2 amide bonds. The number of carbonyl (C=O) groups is 2. The summed E-state index contributed by atoms with van der Waals surface area (Å²) in [6, 6.07) is 15.9. The second kappa shape index (κ2) is 11.6. The van der Waals surface area contributed by atoms with Crippen LogP contribution in [0.25, 0.3) is 10.9 Å². The maximum atomic E-state index is 12.4. The maximum absolute atomic E-state index is 12.4. The quantitative estimate of drug-likeness (QED) is 0.364. The molecule has 2 heterocycles. The Morgan fingerprint density at radius 2 is 1.86 bits per heavy atom. The number of carbonyl (C=O) groups excluding carboxylic acids is 2. The Balaban J connectivity index is 1.39. The second-order valence-corrected chi connectivity index (χ2v) is 16.2. The number of allylic oxidation sites excluding steroid dienone is 1. The summed E-state index contributed by atoms with van der Waals surface area (Å²) in [4.78, 5) is 33.0. The molecule has 1 aliphatic heterocycles. The van der Waals surface area contributed by atoms with Gasteiger partial charge < -0.3 is 4.74 Å². The van der Waals surface area contributed by atoms with Crippen LogP contribution in [0, 0.1) is 0 Å². The Labute approximate surface area is 218 Å². The fraction of sp³-hybridized carbons (Fsp3) is 0.269. The summed E-state index contributed by atoms with van der Waals surface area (Å²) in [6.07, 6.45) is 5.04. The zero-order valence-corrected chi connectivity index (χ0v) is 23.9. The molecule has 36 heavy (non-hydrogen) atoms. The van der Waals surface area contributed by atoms with Gasteiger partial charge in [0.15, 0.2) is 0 Å². The van der Waals surface area contributed by atoms with Crippen molar-refractivity contribution in [2.24, 2.45) is 2.98 Å². The standard InChI is InChI=1S/C19H22N6O3.C7H7.In/c1-19(2,3)28-18(27)22-10-7-16(26)25-13-5-6-15-14(11-13)17(24-12-23-15)21-9-4-8-20;1-7-5-3-2-4-6-7;/h4-6,8,11-12H,7,10H2,1-3H3,(H,22,27)(H,25,26)(H,21,23,24);2-6H,1H2;/q-1;;+1. The number of alkyl carbamates (subject to hydrolysis) is 1. The van der Waals surface area contributed by atoms with E-state index in [1.54, 1.807) is 26.8 Å². The predicted octanol–water partition coefficient (Wildman–Crippen LogP) is 4.18. The van der Waals surface area contributed by atoms with Crippen molar-refractivity contribution in [2.75, 3.05) is 17.2 Å². The molecule has 1 aromatic heterocycles. The molecular formula is C26H29InN6O3. The van der Waals surface area contributed by atoms with Gasteiger partial charge in [0, 0.05) is 0 Å². The van der Waals surface area contributed by atoms with Crippen LogP contribution >= 0.6 is 0 Å². The Morgan fingerprint density at radius 1 is 1.06 bits per heavy atom. The minimum atomic E-state index is -2.40. The van der Waals surface area contributed by atoms with Gasteiger partial charge in [-0.25, -0.2) is 4.79 Å². The van der Waals surface area contributed by atoms with Crippen molar-refractivity contribution in [1.82, 2.24) is 15.3 Å². The summed E-state index contributed by atoms with van der Waals surface area (Å²) >= 11 is -2.40. The van der Waals surface area contributed by atoms with Gasteiger partial charge in [-0.05, 0) is 20.8 Å². The van der Waals surface area contributed by atoms with E-state index in [9.17, 15) is 9.59 Å². The molecule has 3 aromatic rings. The number of benzene rings is 2. The molecule has 9 nitrogen and oxygen atoms in total. The summed E-state index contributed by atoms with van der Waals surface area (Å²) < 4.78 is 12.1. The Morgan fingerprint density at radius 3 is 2.64 bits per heavy atom. The molecule has 0 unspecified atom stereocenters. The zero-order chi connectivity index (χ0) is 25.5. The topological polar surface area (TPSA) is 118 Å². The second-order valence-electron chi connectivity index (χ2n) is 9.43. The molecule has 0 bridgehead atoms. The van der Waals surface area contributed by atoms with Gasteiger partial charge in [-0.3, -0.25) is 0 Å². The molecule has 184 valence electrons. The average Bonchev–Trinajstić information content (AvgIpc) is 3.25. The van der Waals surface area contributed by atoms with Gasteiger partial charge in [0.1, 0.15) is 5.60 Å². The zero-order valence-electron chi connectivity index (χ0n) is 20.6. The molecular weight excluding hydrogens is 559 g/mol. The normalized spacial score (nSPS) is 12.9. The summed E-state index contributed by atoms with van der Waals surface area (Å²) in [5, 5.41) is 9.78. The van der Waals surface area contributed by atoms with Crippen molar-refractivity contribution in [3.05, 3.63) is 70.0 Å². The van der Waals surface area contributed by atoms with Crippen LogP contribution in [0.5, 0.6) is 0 Å². The number of fused-ring (bicyclic) bond motifs is 1. The van der Waals surface area contributed by atoms with Crippen LogP contribution in [-0.2, 0) is 13.7 Å². The van der Waals surface area contributed by atoms with Crippen molar-refractivity contribution in [2.45, 2.75) is 37.0 Å². The van der Waals surface area contributed by atoms with E-state index in [1.807, 2.05) is 30.5 Å². The minimum absolute atomic E-state index is 0.119. The van der Waals surface area contributed by atoms with Gasteiger partial charge in [-0.1, -0.05) is 0 Å². The number of rotatable bonds is 8. The fourth-order valence-corrected chi connectivity index (χ4v) is 9.75. The molecule has 2 aromatic carbocycles. The van der Waals surface area contributed by atoms with E-state index in [4.69, 9.17) is 7.72 Å². The van der Waals surface area contributed by atoms with E-state index >= 15 is 0 Å². The first-order chi connectivity index (χ1) is 17.3. The van der Waals surface area contributed by atoms with Crippen LogP contribution in [0.3, 0.4) is 0 Å². The average molecular weight is 588 g/mol. The van der Waals surface area contributed by atoms with Gasteiger partial charge >= 0.3 is 183 Å². The third-order valence-electron chi connectivity index (χ3n) is 5.35. The van der Waals surface area contributed by atoms with Crippen LogP contribution in [0.4, 0.5) is 16.3 Å². The van der Waals surface area contributed by atoms with Crippen molar-refractivity contribution in [1.29, 1.82) is 0 Å². The number of hydrogen-bond acceptors (Lipinski definition) is 7. The van der Waals surface area contributed by atoms with Crippen molar-refractivity contribution >= 4 is 62.3 Å². The number of anilines is 2. The summed E-state index contributed by atoms with van der Waals surface area (Å²) in [5.74, 6) is 0.469. The third-order valence-corrected chi connectivity index (χ3v) is 12.3. The van der Waals surface area contributed by atoms with Crippen LogP contribution in [0.1, 0.15) is 32.8 Å². The molecule has 0 spiro atoms. The molecule has 3 N–H and O–H groups in total. The van der Waals surface area contributed by atoms with Crippen molar-refractivity contribution in [3.8, 4) is 0 Å². The van der Waals surface area contributed by atoms with E-state index < -0.39 is 33.4 Å². The molecule has 0 saturated carbocycles. The number of ether oxygens (including phenoxy) is 1. The molecule has 0 atom stereocenters. The molecule has 0 fully saturated rings. The van der Waals surface area contributed by atoms with Crippen LogP contribution in [0.15, 0.2) is 67.4 Å². The molecule has 0 saturated heterocycles.